The zero-order valence-corrected chi connectivity index (χ0v) is 14.9. The molecule has 0 bridgehead atoms. The van der Waals surface area contributed by atoms with Crippen LogP contribution in [0.15, 0.2) is 30.3 Å². The van der Waals surface area contributed by atoms with Gasteiger partial charge in [-0.1, -0.05) is 30.3 Å². The van der Waals surface area contributed by atoms with Gasteiger partial charge in [-0.05, 0) is 32.8 Å². The number of esters is 1. The van der Waals surface area contributed by atoms with Crippen LogP contribution < -0.4 is 5.32 Å². The van der Waals surface area contributed by atoms with Crippen LogP contribution in [0.1, 0.15) is 39.2 Å². The van der Waals surface area contributed by atoms with Crippen molar-refractivity contribution >= 4 is 5.97 Å². The molecule has 1 aromatic carbocycles. The lowest BCUT2D eigenvalue weighted by Gasteiger charge is -2.22. The minimum Gasteiger partial charge on any atom is -0.459 e. The predicted molar refractivity (Wildman–Crippen MR) is 92.7 cm³/mol. The molecule has 0 saturated carbocycles. The van der Waals surface area contributed by atoms with Gasteiger partial charge in [0.25, 0.3) is 0 Å². The fourth-order valence-electron chi connectivity index (χ4n) is 2.56. The number of ether oxygens (including phenoxy) is 3. The third-order valence-electron chi connectivity index (χ3n) is 3.68. The number of carbonyl (C=O) groups is 1. The van der Waals surface area contributed by atoms with Gasteiger partial charge in [-0.2, -0.15) is 0 Å². The second-order valence-electron chi connectivity index (χ2n) is 7.11. The van der Waals surface area contributed by atoms with Crippen molar-refractivity contribution in [3.8, 4) is 0 Å². The van der Waals surface area contributed by atoms with Crippen LogP contribution in [0.2, 0.25) is 0 Å². The van der Waals surface area contributed by atoms with Gasteiger partial charge in [-0.25, -0.2) is 0 Å². The van der Waals surface area contributed by atoms with E-state index < -0.39 is 5.60 Å². The fourth-order valence-corrected chi connectivity index (χ4v) is 2.56. The molecule has 0 spiro atoms. The molecule has 0 aliphatic carbocycles. The Morgan fingerprint density at radius 1 is 1.21 bits per heavy atom. The Bertz CT molecular complexity index is 498. The van der Waals surface area contributed by atoms with Crippen LogP contribution in [-0.4, -0.2) is 43.5 Å². The van der Waals surface area contributed by atoms with E-state index >= 15 is 0 Å². The molecular formula is C19H29NO4. The molecule has 1 N–H and O–H groups in total. The molecule has 134 valence electrons. The zero-order valence-electron chi connectivity index (χ0n) is 14.9. The molecule has 1 fully saturated rings. The first-order chi connectivity index (χ1) is 11.4. The topological polar surface area (TPSA) is 56.8 Å². The SMILES string of the molecule is CC(C)(C)OC(=O)[C@@H]1C[C@@H](OCCCOCc2ccccc2)CN1. The number of hydrogen-bond acceptors (Lipinski definition) is 5. The first kappa shape index (κ1) is 18.9. The summed E-state index contributed by atoms with van der Waals surface area (Å²) in [7, 11) is 0. The molecule has 1 heterocycles. The van der Waals surface area contributed by atoms with Crippen LogP contribution in [0.3, 0.4) is 0 Å². The van der Waals surface area contributed by atoms with E-state index in [1.165, 1.54) is 5.56 Å². The molecule has 1 aliphatic rings. The fraction of sp³-hybridized carbons (Fsp3) is 0.632. The summed E-state index contributed by atoms with van der Waals surface area (Å²) >= 11 is 0. The highest BCUT2D eigenvalue weighted by Gasteiger charge is 2.32. The van der Waals surface area contributed by atoms with E-state index in [0.717, 1.165) is 6.42 Å². The highest BCUT2D eigenvalue weighted by Crippen LogP contribution is 2.16. The average molecular weight is 335 g/mol. The number of hydrogen-bond donors (Lipinski definition) is 1. The van der Waals surface area contributed by atoms with Crippen LogP contribution in [-0.2, 0) is 25.6 Å². The summed E-state index contributed by atoms with van der Waals surface area (Å²) in [4.78, 5) is 12.0. The Hall–Kier alpha value is -1.43. The maximum atomic E-state index is 12.0. The van der Waals surface area contributed by atoms with Crippen molar-refractivity contribution in [3.05, 3.63) is 35.9 Å². The van der Waals surface area contributed by atoms with Crippen molar-refractivity contribution in [1.82, 2.24) is 5.32 Å². The van der Waals surface area contributed by atoms with Crippen molar-refractivity contribution < 1.29 is 19.0 Å². The van der Waals surface area contributed by atoms with Gasteiger partial charge in [0.15, 0.2) is 0 Å². The highest BCUT2D eigenvalue weighted by atomic mass is 16.6. The zero-order chi connectivity index (χ0) is 17.4. The number of rotatable bonds is 8. The summed E-state index contributed by atoms with van der Waals surface area (Å²) in [5.41, 5.74) is 0.729. The Morgan fingerprint density at radius 3 is 2.67 bits per heavy atom. The average Bonchev–Trinajstić information content (AvgIpc) is 2.99. The molecule has 2 rings (SSSR count). The van der Waals surface area contributed by atoms with Gasteiger partial charge in [0.1, 0.15) is 11.6 Å². The normalized spacial score (nSPS) is 21.0. The van der Waals surface area contributed by atoms with Crippen LogP contribution in [0.5, 0.6) is 0 Å². The minimum absolute atomic E-state index is 0.0663. The van der Waals surface area contributed by atoms with E-state index in [4.69, 9.17) is 14.2 Å². The lowest BCUT2D eigenvalue weighted by atomic mass is 10.1. The molecule has 2 atom stereocenters. The summed E-state index contributed by atoms with van der Waals surface area (Å²) in [5.74, 6) is -0.195. The van der Waals surface area contributed by atoms with Gasteiger partial charge in [0, 0.05) is 26.2 Å². The Morgan fingerprint density at radius 2 is 1.96 bits per heavy atom. The molecule has 1 aromatic rings. The van der Waals surface area contributed by atoms with Gasteiger partial charge >= 0.3 is 5.97 Å². The highest BCUT2D eigenvalue weighted by molar-refractivity contribution is 5.76. The lowest BCUT2D eigenvalue weighted by molar-refractivity contribution is -0.157. The minimum atomic E-state index is -0.451. The maximum Gasteiger partial charge on any atom is 0.323 e. The van der Waals surface area contributed by atoms with Gasteiger partial charge < -0.3 is 19.5 Å². The molecule has 5 heteroatoms. The summed E-state index contributed by atoms with van der Waals surface area (Å²) in [6, 6.07) is 9.86. The van der Waals surface area contributed by atoms with E-state index in [1.54, 1.807) is 0 Å². The lowest BCUT2D eigenvalue weighted by Crippen LogP contribution is -2.37. The number of nitrogens with one attached hydrogen (secondary N) is 1. The van der Waals surface area contributed by atoms with Crippen LogP contribution >= 0.6 is 0 Å². The van der Waals surface area contributed by atoms with E-state index in [2.05, 4.69) is 17.4 Å². The molecule has 0 amide bonds. The smallest absolute Gasteiger partial charge is 0.323 e. The second-order valence-corrected chi connectivity index (χ2v) is 7.11. The van der Waals surface area contributed by atoms with Crippen LogP contribution in [0.25, 0.3) is 0 Å². The van der Waals surface area contributed by atoms with Crippen molar-refractivity contribution in [3.63, 3.8) is 0 Å². The van der Waals surface area contributed by atoms with Crippen molar-refractivity contribution in [1.29, 1.82) is 0 Å². The summed E-state index contributed by atoms with van der Waals surface area (Å²) < 4.78 is 16.8. The molecule has 0 unspecified atom stereocenters. The third kappa shape index (κ3) is 6.99. The van der Waals surface area contributed by atoms with Crippen molar-refractivity contribution in [2.24, 2.45) is 0 Å². The summed E-state index contributed by atoms with van der Waals surface area (Å²) in [6.45, 7) is 8.27. The van der Waals surface area contributed by atoms with E-state index in [1.807, 2.05) is 39.0 Å². The quantitative estimate of drug-likeness (QED) is 0.585. The van der Waals surface area contributed by atoms with E-state index in [-0.39, 0.29) is 18.1 Å². The molecule has 0 radical (unpaired) electrons. The van der Waals surface area contributed by atoms with Gasteiger partial charge in [0.2, 0.25) is 0 Å². The summed E-state index contributed by atoms with van der Waals surface area (Å²) in [6.07, 6.45) is 1.58. The van der Waals surface area contributed by atoms with E-state index in [0.29, 0.717) is 32.8 Å². The largest absolute Gasteiger partial charge is 0.459 e. The number of benzene rings is 1. The number of carbonyl (C=O) groups excluding carboxylic acids is 1. The standard InChI is InChI=1S/C19H29NO4/c1-19(2,3)24-18(21)17-12-16(13-20-17)23-11-7-10-22-14-15-8-5-4-6-9-15/h4-6,8-9,16-17,20H,7,10-14H2,1-3H3/t16-,17+/m1/s1. The molecular weight excluding hydrogens is 306 g/mol. The Balaban J connectivity index is 1.53. The van der Waals surface area contributed by atoms with Crippen molar-refractivity contribution in [2.75, 3.05) is 19.8 Å². The Labute approximate surface area is 144 Å². The van der Waals surface area contributed by atoms with Crippen LogP contribution in [0.4, 0.5) is 0 Å². The van der Waals surface area contributed by atoms with Gasteiger partial charge in [-0.15, -0.1) is 0 Å². The molecule has 0 aromatic heterocycles. The first-order valence-corrected chi connectivity index (χ1v) is 8.63. The molecule has 1 aliphatic heterocycles. The Kier molecular flexibility index (Phi) is 7.21. The third-order valence-corrected chi connectivity index (χ3v) is 3.68. The monoisotopic (exact) mass is 335 g/mol. The van der Waals surface area contributed by atoms with E-state index in [9.17, 15) is 4.79 Å². The second kappa shape index (κ2) is 9.16. The molecule has 24 heavy (non-hydrogen) atoms. The maximum absolute atomic E-state index is 12.0. The predicted octanol–water partition coefficient (Wildman–Crippen LogP) is 2.68. The van der Waals surface area contributed by atoms with Gasteiger partial charge in [0.05, 0.1) is 12.7 Å². The molecule has 1 saturated heterocycles. The molecule has 5 nitrogen and oxygen atoms in total. The van der Waals surface area contributed by atoms with Crippen molar-refractivity contribution in [2.45, 2.75) is 58.0 Å². The summed E-state index contributed by atoms with van der Waals surface area (Å²) in [5, 5.41) is 3.17. The van der Waals surface area contributed by atoms with Gasteiger partial charge in [-0.3, -0.25) is 4.79 Å². The first-order valence-electron chi connectivity index (χ1n) is 8.63. The van der Waals surface area contributed by atoms with Crippen LogP contribution in [0, 0.1) is 0 Å².